The van der Waals surface area contributed by atoms with Crippen molar-refractivity contribution in [1.29, 1.82) is 0 Å². The van der Waals surface area contributed by atoms with Crippen LogP contribution in [0.25, 0.3) is 0 Å². The number of halogens is 1. The second-order valence-corrected chi connectivity index (χ2v) is 1.80. The van der Waals surface area contributed by atoms with Crippen molar-refractivity contribution >= 4 is 75.1 Å². The predicted octanol–water partition coefficient (Wildman–Crippen LogP) is -5.25. The summed E-state index contributed by atoms with van der Waals surface area (Å²) in [6.45, 7) is 0. The molecule has 0 aromatic rings. The monoisotopic (exact) mass is 220 g/mol. The standard InChI is InChI=1S/Al.Ca.FH.H4O4Si.H4Si.5H/c;;;1-5(2,3)4;;;;;;/h;;1H;1-4H;1H4;;;;;/q;+2;;;;;;;2*-1. The molecule has 0 aliphatic carbocycles. The van der Waals surface area contributed by atoms with E-state index in [1.807, 2.05) is 0 Å². The topological polar surface area (TPSA) is 80.9 Å². The van der Waals surface area contributed by atoms with Crippen molar-refractivity contribution in [3.63, 3.8) is 0 Å². The van der Waals surface area contributed by atoms with E-state index >= 15 is 0 Å². The molecule has 0 heterocycles. The molecule has 0 amide bonds. The van der Waals surface area contributed by atoms with Gasteiger partial charge in [0.25, 0.3) is 0 Å². The van der Waals surface area contributed by atoms with Gasteiger partial charge in [0, 0.05) is 0 Å². The normalized spacial score (nSPS) is 6.67. The molecule has 9 heavy (non-hydrogen) atoms. The Labute approximate surface area is 101 Å². The third-order valence-electron chi connectivity index (χ3n) is 0. The van der Waals surface area contributed by atoms with Gasteiger partial charge in [-0.1, -0.05) is 0 Å². The second kappa shape index (κ2) is 12.7. The van der Waals surface area contributed by atoms with Crippen molar-refractivity contribution in [1.82, 2.24) is 0 Å². The molecule has 0 unspecified atom stereocenters. The van der Waals surface area contributed by atoms with E-state index in [1.165, 1.54) is 0 Å². The van der Waals surface area contributed by atoms with Crippen LogP contribution in [0.4, 0.5) is 4.70 Å². The Morgan fingerprint density at radius 3 is 1.00 bits per heavy atom. The van der Waals surface area contributed by atoms with E-state index < -0.39 is 9.05 Å². The van der Waals surface area contributed by atoms with Gasteiger partial charge in [0.1, 0.15) is 0 Å². The van der Waals surface area contributed by atoms with Crippen molar-refractivity contribution in [2.75, 3.05) is 0 Å². The molecule has 0 saturated heterocycles. The zero-order valence-corrected chi connectivity index (χ0v) is 6.61. The van der Waals surface area contributed by atoms with Crippen LogP contribution in [-0.2, 0) is 0 Å². The zero-order valence-electron chi connectivity index (χ0n) is 5.40. The molecule has 0 fully saturated rings. The molecule has 0 aliphatic rings. The maximum Gasteiger partial charge on any atom is 2.00 e. The van der Waals surface area contributed by atoms with Gasteiger partial charge >= 0.3 is 46.8 Å². The molecule has 58 valence electrons. The molecule has 0 atom stereocenters. The van der Waals surface area contributed by atoms with Crippen molar-refractivity contribution in [2.24, 2.45) is 0 Å². The first-order valence-electron chi connectivity index (χ1n) is 0.894. The minimum Gasteiger partial charge on any atom is -1.00 e. The van der Waals surface area contributed by atoms with E-state index in [4.69, 9.17) is 19.2 Å². The minimum absolute atomic E-state index is 0. The molecule has 0 spiro atoms. The maximum atomic E-state index is 7.33. The summed E-state index contributed by atoms with van der Waals surface area (Å²) in [4.78, 5) is 29.3. The fourth-order valence-electron chi connectivity index (χ4n) is 0. The van der Waals surface area contributed by atoms with Gasteiger partial charge in [0.2, 0.25) is 0 Å². The molecule has 4 nitrogen and oxygen atoms in total. The summed E-state index contributed by atoms with van der Waals surface area (Å²) in [6, 6.07) is 0. The van der Waals surface area contributed by atoms with Gasteiger partial charge in [-0.2, -0.15) is 0 Å². The Bertz CT molecular complexity index is 41.6. The summed E-state index contributed by atoms with van der Waals surface area (Å²) in [5, 5.41) is 0. The van der Waals surface area contributed by atoms with Crippen LogP contribution in [0.1, 0.15) is 2.85 Å². The molecule has 0 aromatic carbocycles. The SMILES string of the molecule is F.O[Si](O)(O)O.[AlH3].[Ca+2].[H-].[H-].[SiH4]. The number of rotatable bonds is 0. The second-order valence-electron chi connectivity index (χ2n) is 0.600. The average Bonchev–Trinajstić information content (AvgIpc) is 0.722. The van der Waals surface area contributed by atoms with Gasteiger partial charge in [-0.25, -0.2) is 0 Å². The van der Waals surface area contributed by atoms with Crippen LogP contribution in [0.15, 0.2) is 0 Å². The summed E-state index contributed by atoms with van der Waals surface area (Å²) < 4.78 is 0. The molecule has 0 bridgehead atoms. The fraction of sp³-hybridized carbons (Fsp3) is 0. The Morgan fingerprint density at radius 1 is 1.00 bits per heavy atom. The van der Waals surface area contributed by atoms with E-state index in [1.54, 1.807) is 0 Å². The smallest absolute Gasteiger partial charge is 1.00 e. The first-order chi connectivity index (χ1) is 2.00. The third kappa shape index (κ3) is 160. The summed E-state index contributed by atoms with van der Waals surface area (Å²) in [6.07, 6.45) is 0. The van der Waals surface area contributed by atoms with E-state index in [0.717, 1.165) is 0 Å². The Morgan fingerprint density at radius 2 is 1.00 bits per heavy atom. The van der Waals surface area contributed by atoms with Gasteiger partial charge in [-0.15, -0.1) is 0 Å². The summed E-state index contributed by atoms with van der Waals surface area (Å²) in [5.74, 6) is 0. The number of hydrogen-bond acceptors (Lipinski definition) is 4. The van der Waals surface area contributed by atoms with Gasteiger partial charge < -0.3 is 22.0 Å². The van der Waals surface area contributed by atoms with Crippen LogP contribution < -0.4 is 0 Å². The van der Waals surface area contributed by atoms with Gasteiger partial charge in [0.15, 0.2) is 17.4 Å². The van der Waals surface area contributed by atoms with Crippen molar-refractivity contribution in [3.05, 3.63) is 0 Å². The Kier molecular flexibility index (Phi) is 43.0. The molecule has 0 aromatic heterocycles. The summed E-state index contributed by atoms with van der Waals surface area (Å²) in [5.41, 5.74) is 0. The van der Waals surface area contributed by atoms with Crippen molar-refractivity contribution in [2.45, 2.75) is 0 Å². The molecule has 9 heteroatoms. The van der Waals surface area contributed by atoms with Crippen molar-refractivity contribution in [3.8, 4) is 0 Å². The van der Waals surface area contributed by atoms with Crippen LogP contribution in [0, 0.1) is 0 Å². The molecule has 0 aliphatic heterocycles. The van der Waals surface area contributed by atoms with E-state index in [9.17, 15) is 0 Å². The third-order valence-corrected chi connectivity index (χ3v) is 0. The molecule has 0 saturated carbocycles. The summed E-state index contributed by atoms with van der Waals surface area (Å²) in [7, 11) is -4.61. The molecule has 0 rings (SSSR count). The van der Waals surface area contributed by atoms with Crippen LogP contribution in [0.3, 0.4) is 0 Å². The Balaban J connectivity index is -0.00000000533. The average molecular weight is 220 g/mol. The van der Waals surface area contributed by atoms with Crippen LogP contribution in [0.5, 0.6) is 0 Å². The quantitative estimate of drug-likeness (QED) is 0.308. The molecular weight excluding hydrogens is 206 g/mol. The largest absolute Gasteiger partial charge is 2.00 e. The molecule has 0 radical (unpaired) electrons. The Hall–Kier alpha value is 2.00. The van der Waals surface area contributed by atoms with Gasteiger partial charge in [0.05, 0.1) is 0 Å². The summed E-state index contributed by atoms with van der Waals surface area (Å²) >= 11 is 0. The first-order valence-corrected chi connectivity index (χ1v) is 2.68. The molecular formula is H14AlCaFO4Si2. The van der Waals surface area contributed by atoms with Gasteiger partial charge in [-0.05, 0) is 11.0 Å². The van der Waals surface area contributed by atoms with E-state index in [0.29, 0.717) is 0 Å². The van der Waals surface area contributed by atoms with Crippen molar-refractivity contribution < 1.29 is 26.7 Å². The maximum absolute atomic E-state index is 7.33. The minimum atomic E-state index is -4.61. The van der Waals surface area contributed by atoms with E-state index in [-0.39, 0.29) is 73.6 Å². The van der Waals surface area contributed by atoms with E-state index in [2.05, 4.69) is 0 Å². The van der Waals surface area contributed by atoms with Crippen LogP contribution in [0.2, 0.25) is 0 Å². The van der Waals surface area contributed by atoms with Gasteiger partial charge in [-0.3, -0.25) is 4.70 Å². The van der Waals surface area contributed by atoms with Crippen LogP contribution >= 0.6 is 0 Å². The fourth-order valence-corrected chi connectivity index (χ4v) is 0. The number of hydrogen-bond donors (Lipinski definition) is 4. The zero-order chi connectivity index (χ0) is 4.50. The molecule has 4 N–H and O–H groups in total. The predicted molar refractivity (Wildman–Crippen MR) is 46.4 cm³/mol. The first kappa shape index (κ1) is 30.6. The van der Waals surface area contributed by atoms with Crippen LogP contribution in [-0.4, -0.2) is 94.3 Å².